The summed E-state index contributed by atoms with van der Waals surface area (Å²) in [4.78, 5) is 0. The van der Waals surface area contributed by atoms with E-state index in [9.17, 15) is 5.11 Å². The summed E-state index contributed by atoms with van der Waals surface area (Å²) in [7, 11) is 1.58. The number of hydrogen-bond donors (Lipinski definition) is 1. The van der Waals surface area contributed by atoms with Crippen molar-refractivity contribution >= 4 is 11.6 Å². The standard InChI is InChI=1S/C20H25ClO2/c1-14(4-6-16-8-10-18(21)15(2)12-16)5-7-17-9-11-19(22)20(13-17)23-3/h8-14,22H,4-7H2,1-3H3. The van der Waals surface area contributed by atoms with Gasteiger partial charge in [0, 0.05) is 5.02 Å². The van der Waals surface area contributed by atoms with Crippen molar-refractivity contribution in [3.05, 3.63) is 58.1 Å². The molecule has 0 amide bonds. The second kappa shape index (κ2) is 8.26. The van der Waals surface area contributed by atoms with E-state index < -0.39 is 0 Å². The van der Waals surface area contributed by atoms with Crippen molar-refractivity contribution in [1.29, 1.82) is 0 Å². The Morgan fingerprint density at radius 1 is 1.04 bits per heavy atom. The molecule has 0 fully saturated rings. The van der Waals surface area contributed by atoms with Crippen LogP contribution in [-0.4, -0.2) is 12.2 Å². The van der Waals surface area contributed by atoms with Gasteiger partial charge in [-0.1, -0.05) is 36.7 Å². The van der Waals surface area contributed by atoms with Gasteiger partial charge in [0.15, 0.2) is 11.5 Å². The Hall–Kier alpha value is -1.67. The molecule has 1 atom stereocenters. The molecule has 0 aliphatic carbocycles. The van der Waals surface area contributed by atoms with E-state index in [1.165, 1.54) is 11.1 Å². The van der Waals surface area contributed by atoms with Gasteiger partial charge in [-0.15, -0.1) is 0 Å². The van der Waals surface area contributed by atoms with Crippen molar-refractivity contribution in [2.24, 2.45) is 5.92 Å². The molecule has 0 heterocycles. The van der Waals surface area contributed by atoms with Crippen LogP contribution in [0.4, 0.5) is 0 Å². The molecule has 0 saturated carbocycles. The van der Waals surface area contributed by atoms with Crippen molar-refractivity contribution in [2.75, 3.05) is 7.11 Å². The summed E-state index contributed by atoms with van der Waals surface area (Å²) in [5.74, 6) is 1.39. The Morgan fingerprint density at radius 2 is 1.65 bits per heavy atom. The van der Waals surface area contributed by atoms with Crippen LogP contribution >= 0.6 is 11.6 Å². The molecular weight excluding hydrogens is 308 g/mol. The van der Waals surface area contributed by atoms with Gasteiger partial charge in [0.2, 0.25) is 0 Å². The normalized spacial score (nSPS) is 12.2. The van der Waals surface area contributed by atoms with Crippen LogP contribution in [0.25, 0.3) is 0 Å². The molecule has 2 aromatic carbocycles. The Bertz CT molecular complexity index is 652. The van der Waals surface area contributed by atoms with Crippen LogP contribution in [0, 0.1) is 12.8 Å². The average molecular weight is 333 g/mol. The Balaban J connectivity index is 1.83. The first-order valence-electron chi connectivity index (χ1n) is 8.10. The Morgan fingerprint density at radius 3 is 2.26 bits per heavy atom. The van der Waals surface area contributed by atoms with Gasteiger partial charge < -0.3 is 9.84 Å². The number of methoxy groups -OCH3 is 1. The molecule has 124 valence electrons. The summed E-state index contributed by atoms with van der Waals surface area (Å²) in [6, 6.07) is 11.9. The first-order valence-corrected chi connectivity index (χ1v) is 8.48. The summed E-state index contributed by atoms with van der Waals surface area (Å²) in [5.41, 5.74) is 3.70. The van der Waals surface area contributed by atoms with Crippen LogP contribution < -0.4 is 4.74 Å². The third-order valence-corrected chi connectivity index (χ3v) is 4.74. The number of ether oxygens (including phenoxy) is 1. The van der Waals surface area contributed by atoms with Crippen molar-refractivity contribution in [1.82, 2.24) is 0 Å². The predicted molar refractivity (Wildman–Crippen MR) is 96.7 cm³/mol. The highest BCUT2D eigenvalue weighted by Gasteiger charge is 2.07. The number of halogens is 1. The van der Waals surface area contributed by atoms with Crippen molar-refractivity contribution in [2.45, 2.75) is 39.5 Å². The molecule has 0 radical (unpaired) electrons. The zero-order valence-corrected chi connectivity index (χ0v) is 14.9. The predicted octanol–water partition coefficient (Wildman–Crippen LogP) is 5.56. The summed E-state index contributed by atoms with van der Waals surface area (Å²) < 4.78 is 5.16. The Labute approximate surface area is 144 Å². The molecule has 0 spiro atoms. The second-order valence-corrected chi connectivity index (χ2v) is 6.68. The van der Waals surface area contributed by atoms with Crippen molar-refractivity contribution < 1.29 is 9.84 Å². The van der Waals surface area contributed by atoms with Crippen LogP contribution in [0.1, 0.15) is 36.5 Å². The van der Waals surface area contributed by atoms with E-state index in [1.54, 1.807) is 13.2 Å². The molecule has 2 rings (SSSR count). The number of hydrogen-bond acceptors (Lipinski definition) is 2. The van der Waals surface area contributed by atoms with Crippen molar-refractivity contribution in [3.63, 3.8) is 0 Å². The molecule has 0 bridgehead atoms. The van der Waals surface area contributed by atoms with Crippen LogP contribution in [0.2, 0.25) is 5.02 Å². The molecule has 1 unspecified atom stereocenters. The van der Waals surface area contributed by atoms with E-state index in [2.05, 4.69) is 19.1 Å². The number of phenols is 1. The zero-order valence-electron chi connectivity index (χ0n) is 14.1. The van der Waals surface area contributed by atoms with E-state index in [0.717, 1.165) is 36.3 Å². The molecule has 2 aromatic rings. The second-order valence-electron chi connectivity index (χ2n) is 6.27. The van der Waals surface area contributed by atoms with Gasteiger partial charge in [-0.25, -0.2) is 0 Å². The van der Waals surface area contributed by atoms with Gasteiger partial charge in [0.05, 0.1) is 7.11 Å². The maximum absolute atomic E-state index is 9.63. The molecule has 0 aromatic heterocycles. The molecular formula is C20H25ClO2. The summed E-state index contributed by atoms with van der Waals surface area (Å²) in [5, 5.41) is 10.5. The highest BCUT2D eigenvalue weighted by Crippen LogP contribution is 2.27. The number of rotatable bonds is 7. The minimum Gasteiger partial charge on any atom is -0.504 e. The van der Waals surface area contributed by atoms with E-state index in [0.29, 0.717) is 11.7 Å². The molecule has 23 heavy (non-hydrogen) atoms. The fraction of sp³-hybridized carbons (Fsp3) is 0.400. The molecule has 0 aliphatic rings. The highest BCUT2D eigenvalue weighted by atomic mass is 35.5. The SMILES string of the molecule is COc1cc(CCC(C)CCc2ccc(Cl)c(C)c2)ccc1O. The minimum absolute atomic E-state index is 0.197. The van der Waals surface area contributed by atoms with Gasteiger partial charge >= 0.3 is 0 Å². The Kier molecular flexibility index (Phi) is 6.35. The van der Waals surface area contributed by atoms with E-state index >= 15 is 0 Å². The third-order valence-electron chi connectivity index (χ3n) is 4.32. The molecule has 0 aliphatic heterocycles. The topological polar surface area (TPSA) is 29.5 Å². The first kappa shape index (κ1) is 17.7. The number of phenolic OH excluding ortho intramolecular Hbond substituents is 1. The lowest BCUT2D eigenvalue weighted by Crippen LogP contribution is -2.00. The van der Waals surface area contributed by atoms with Gasteiger partial charge in [0.1, 0.15) is 0 Å². The van der Waals surface area contributed by atoms with Crippen molar-refractivity contribution in [3.8, 4) is 11.5 Å². The van der Waals surface area contributed by atoms with Crippen LogP contribution in [0.3, 0.4) is 0 Å². The van der Waals surface area contributed by atoms with E-state index in [1.807, 2.05) is 25.1 Å². The summed E-state index contributed by atoms with van der Waals surface area (Å²) >= 11 is 6.07. The molecule has 1 N–H and O–H groups in total. The first-order chi connectivity index (χ1) is 11.0. The van der Waals surface area contributed by atoms with E-state index in [-0.39, 0.29) is 5.75 Å². The minimum atomic E-state index is 0.197. The number of aromatic hydroxyl groups is 1. The molecule has 3 heteroatoms. The molecule has 0 saturated heterocycles. The highest BCUT2D eigenvalue weighted by molar-refractivity contribution is 6.31. The quantitative estimate of drug-likeness (QED) is 0.718. The van der Waals surface area contributed by atoms with Gasteiger partial charge in [0.25, 0.3) is 0 Å². The zero-order chi connectivity index (χ0) is 16.8. The maximum atomic E-state index is 9.63. The monoisotopic (exact) mass is 332 g/mol. The maximum Gasteiger partial charge on any atom is 0.160 e. The third kappa shape index (κ3) is 5.18. The fourth-order valence-electron chi connectivity index (χ4n) is 2.71. The van der Waals surface area contributed by atoms with Gasteiger partial charge in [-0.3, -0.25) is 0 Å². The largest absolute Gasteiger partial charge is 0.504 e. The lowest BCUT2D eigenvalue weighted by atomic mass is 9.94. The summed E-state index contributed by atoms with van der Waals surface area (Å²) in [6.07, 6.45) is 4.37. The van der Waals surface area contributed by atoms with Crippen LogP contribution in [0.5, 0.6) is 11.5 Å². The number of benzene rings is 2. The smallest absolute Gasteiger partial charge is 0.160 e. The average Bonchev–Trinajstić information content (AvgIpc) is 2.55. The molecule has 2 nitrogen and oxygen atoms in total. The van der Waals surface area contributed by atoms with E-state index in [4.69, 9.17) is 16.3 Å². The van der Waals surface area contributed by atoms with Gasteiger partial charge in [-0.2, -0.15) is 0 Å². The summed E-state index contributed by atoms with van der Waals surface area (Å²) in [6.45, 7) is 4.34. The number of aryl methyl sites for hydroxylation is 3. The van der Waals surface area contributed by atoms with Gasteiger partial charge in [-0.05, 0) is 73.4 Å². The lowest BCUT2D eigenvalue weighted by Gasteiger charge is -2.13. The van der Waals surface area contributed by atoms with Crippen LogP contribution in [0.15, 0.2) is 36.4 Å². The fourth-order valence-corrected chi connectivity index (χ4v) is 2.83. The van der Waals surface area contributed by atoms with Crippen LogP contribution in [-0.2, 0) is 12.8 Å². The lowest BCUT2D eigenvalue weighted by molar-refractivity contribution is 0.372.